The maximum atomic E-state index is 13.1. The number of hydrogen-bond acceptors (Lipinski definition) is 3. The van der Waals surface area contributed by atoms with E-state index < -0.39 is 11.7 Å². The van der Waals surface area contributed by atoms with Gasteiger partial charge in [-0.2, -0.15) is 0 Å². The fourth-order valence-corrected chi connectivity index (χ4v) is 2.45. The van der Waals surface area contributed by atoms with Crippen LogP contribution in [0.1, 0.15) is 5.56 Å². The molecular weight excluding hydrogens is 347 g/mol. The van der Waals surface area contributed by atoms with Gasteiger partial charge in [-0.1, -0.05) is 17.7 Å². The van der Waals surface area contributed by atoms with Crippen LogP contribution in [-0.4, -0.2) is 37.4 Å². The molecule has 0 unspecified atom stereocenters. The van der Waals surface area contributed by atoms with Crippen LogP contribution in [0.3, 0.4) is 0 Å². The number of halogens is 2. The molecule has 0 atom stereocenters. The lowest BCUT2D eigenvalue weighted by Crippen LogP contribution is -2.35. The molecule has 0 aromatic heterocycles. The Bertz CT molecular complexity index is 783. The molecule has 0 aliphatic carbocycles. The van der Waals surface area contributed by atoms with Crippen LogP contribution in [-0.2, 0) is 16.0 Å². The number of carbonyl (C=O) groups is 2. The quantitative estimate of drug-likeness (QED) is 0.856. The molecule has 0 saturated carbocycles. The van der Waals surface area contributed by atoms with Crippen molar-refractivity contribution in [3.05, 3.63) is 58.9 Å². The Balaban J connectivity index is 1.96. The second-order valence-corrected chi connectivity index (χ2v) is 5.88. The first-order valence-electron chi connectivity index (χ1n) is 7.51. The van der Waals surface area contributed by atoms with E-state index >= 15 is 0 Å². The van der Waals surface area contributed by atoms with Crippen molar-refractivity contribution in [3.8, 4) is 5.75 Å². The maximum absolute atomic E-state index is 13.1. The zero-order valence-corrected chi connectivity index (χ0v) is 14.6. The first-order valence-corrected chi connectivity index (χ1v) is 7.88. The van der Waals surface area contributed by atoms with Crippen molar-refractivity contribution in [1.82, 2.24) is 4.90 Å². The molecule has 25 heavy (non-hydrogen) atoms. The van der Waals surface area contributed by atoms with Crippen LogP contribution < -0.4 is 10.1 Å². The van der Waals surface area contributed by atoms with Gasteiger partial charge in [0.15, 0.2) is 0 Å². The first kappa shape index (κ1) is 18.7. The molecule has 2 rings (SSSR count). The SMILES string of the molecule is COc1ccc(Cl)cc1CC(=O)N(C)CC(=O)Nc1cccc(F)c1. The molecule has 2 amide bonds. The van der Waals surface area contributed by atoms with Gasteiger partial charge in [0.2, 0.25) is 11.8 Å². The third kappa shape index (κ3) is 5.46. The number of anilines is 1. The number of hydrogen-bond donors (Lipinski definition) is 1. The molecular formula is C18H18ClFN2O3. The van der Waals surface area contributed by atoms with Crippen molar-refractivity contribution in [3.63, 3.8) is 0 Å². The molecule has 0 aliphatic heterocycles. The van der Waals surface area contributed by atoms with Crippen molar-refractivity contribution < 1.29 is 18.7 Å². The standard InChI is InChI=1S/C18H18ClFN2O3/c1-22(11-17(23)21-15-5-3-4-14(20)10-15)18(24)9-12-8-13(19)6-7-16(12)25-2/h3-8,10H,9,11H2,1-2H3,(H,21,23). The number of carbonyl (C=O) groups excluding carboxylic acids is 2. The highest BCUT2D eigenvalue weighted by Gasteiger charge is 2.16. The van der Waals surface area contributed by atoms with Crippen LogP contribution in [0.4, 0.5) is 10.1 Å². The maximum Gasteiger partial charge on any atom is 0.243 e. The third-order valence-corrected chi connectivity index (χ3v) is 3.73. The summed E-state index contributed by atoms with van der Waals surface area (Å²) in [6.45, 7) is -0.155. The number of ether oxygens (including phenoxy) is 1. The summed E-state index contributed by atoms with van der Waals surface area (Å²) in [7, 11) is 3.03. The molecule has 2 aromatic rings. The Labute approximate surface area is 150 Å². The Morgan fingerprint density at radius 1 is 1.24 bits per heavy atom. The fraction of sp³-hybridized carbons (Fsp3) is 0.222. The van der Waals surface area contributed by atoms with Crippen molar-refractivity contribution in [2.45, 2.75) is 6.42 Å². The van der Waals surface area contributed by atoms with Crippen LogP contribution in [0.25, 0.3) is 0 Å². The minimum atomic E-state index is -0.449. The number of benzene rings is 2. The topological polar surface area (TPSA) is 58.6 Å². The number of nitrogens with zero attached hydrogens (tertiary/aromatic N) is 1. The first-order chi connectivity index (χ1) is 11.9. The van der Waals surface area contributed by atoms with E-state index in [0.29, 0.717) is 22.0 Å². The van der Waals surface area contributed by atoms with Gasteiger partial charge in [0.05, 0.1) is 20.1 Å². The number of methoxy groups -OCH3 is 1. The van der Waals surface area contributed by atoms with E-state index in [1.807, 2.05) is 0 Å². The molecule has 0 saturated heterocycles. The van der Waals surface area contributed by atoms with Gasteiger partial charge in [-0.3, -0.25) is 9.59 Å². The highest BCUT2D eigenvalue weighted by atomic mass is 35.5. The molecule has 0 radical (unpaired) electrons. The smallest absolute Gasteiger partial charge is 0.243 e. The summed E-state index contributed by atoms with van der Waals surface area (Å²) < 4.78 is 18.3. The number of rotatable bonds is 6. The van der Waals surface area contributed by atoms with E-state index in [4.69, 9.17) is 16.3 Å². The number of nitrogens with one attached hydrogen (secondary N) is 1. The molecule has 2 aromatic carbocycles. The van der Waals surface area contributed by atoms with Crippen molar-refractivity contribution in [2.75, 3.05) is 26.0 Å². The lowest BCUT2D eigenvalue weighted by atomic mass is 10.1. The molecule has 7 heteroatoms. The van der Waals surface area contributed by atoms with E-state index in [0.717, 1.165) is 0 Å². The molecule has 0 fully saturated rings. The second-order valence-electron chi connectivity index (χ2n) is 5.44. The molecule has 0 spiro atoms. The van der Waals surface area contributed by atoms with Crippen molar-refractivity contribution in [1.29, 1.82) is 0 Å². The van der Waals surface area contributed by atoms with E-state index in [2.05, 4.69) is 5.32 Å². The summed E-state index contributed by atoms with van der Waals surface area (Å²) >= 11 is 5.95. The van der Waals surface area contributed by atoms with E-state index in [1.165, 1.54) is 37.3 Å². The molecule has 132 valence electrons. The second kappa shape index (κ2) is 8.48. The van der Waals surface area contributed by atoms with Gasteiger partial charge in [-0.25, -0.2) is 4.39 Å². The van der Waals surface area contributed by atoms with Crippen LogP contribution in [0.15, 0.2) is 42.5 Å². The Kier molecular flexibility index (Phi) is 6.36. The average molecular weight is 365 g/mol. The van der Waals surface area contributed by atoms with Crippen LogP contribution in [0.2, 0.25) is 5.02 Å². The van der Waals surface area contributed by atoms with Gasteiger partial charge in [-0.05, 0) is 36.4 Å². The zero-order chi connectivity index (χ0) is 18.4. The molecule has 0 heterocycles. The van der Waals surface area contributed by atoms with E-state index in [1.54, 1.807) is 24.3 Å². The Morgan fingerprint density at radius 3 is 2.68 bits per heavy atom. The monoisotopic (exact) mass is 364 g/mol. The fourth-order valence-electron chi connectivity index (χ4n) is 2.25. The molecule has 1 N–H and O–H groups in total. The van der Waals surface area contributed by atoms with Crippen molar-refractivity contribution in [2.24, 2.45) is 0 Å². The van der Waals surface area contributed by atoms with Crippen LogP contribution >= 0.6 is 11.6 Å². The summed E-state index contributed by atoms with van der Waals surface area (Å²) in [5, 5.41) is 3.04. The normalized spacial score (nSPS) is 10.2. The summed E-state index contributed by atoms with van der Waals surface area (Å²) in [5.41, 5.74) is 0.972. The highest BCUT2D eigenvalue weighted by molar-refractivity contribution is 6.30. The van der Waals surface area contributed by atoms with E-state index in [9.17, 15) is 14.0 Å². The lowest BCUT2D eigenvalue weighted by Gasteiger charge is -2.18. The highest BCUT2D eigenvalue weighted by Crippen LogP contribution is 2.23. The van der Waals surface area contributed by atoms with Gasteiger partial charge in [0.1, 0.15) is 11.6 Å². The molecule has 0 aliphatic rings. The number of likely N-dealkylation sites (N-methyl/N-ethyl adjacent to an activating group) is 1. The summed E-state index contributed by atoms with van der Waals surface area (Å²) in [5.74, 6) is -0.583. The minimum absolute atomic E-state index is 0.0491. The van der Waals surface area contributed by atoms with Crippen LogP contribution in [0, 0.1) is 5.82 Å². The van der Waals surface area contributed by atoms with Gasteiger partial charge in [0.25, 0.3) is 0 Å². The predicted octanol–water partition coefficient (Wildman–Crippen LogP) is 3.13. The molecule has 0 bridgehead atoms. The number of amides is 2. The van der Waals surface area contributed by atoms with Gasteiger partial charge < -0.3 is 15.0 Å². The van der Waals surface area contributed by atoms with Crippen molar-refractivity contribution >= 4 is 29.1 Å². The Morgan fingerprint density at radius 2 is 2.00 bits per heavy atom. The summed E-state index contributed by atoms with van der Waals surface area (Å²) in [6.07, 6.45) is 0.0491. The third-order valence-electron chi connectivity index (χ3n) is 3.50. The van der Waals surface area contributed by atoms with Crippen LogP contribution in [0.5, 0.6) is 5.75 Å². The zero-order valence-electron chi connectivity index (χ0n) is 13.9. The van der Waals surface area contributed by atoms with Gasteiger partial charge in [-0.15, -0.1) is 0 Å². The largest absolute Gasteiger partial charge is 0.496 e. The van der Waals surface area contributed by atoms with Gasteiger partial charge >= 0.3 is 0 Å². The minimum Gasteiger partial charge on any atom is -0.496 e. The Hall–Kier alpha value is -2.60. The van der Waals surface area contributed by atoms with Gasteiger partial charge in [0, 0.05) is 23.3 Å². The predicted molar refractivity (Wildman–Crippen MR) is 94.4 cm³/mol. The summed E-state index contributed by atoms with van der Waals surface area (Å²) in [6, 6.07) is 10.6. The summed E-state index contributed by atoms with van der Waals surface area (Å²) in [4.78, 5) is 25.6. The van der Waals surface area contributed by atoms with E-state index in [-0.39, 0.29) is 18.9 Å². The lowest BCUT2D eigenvalue weighted by molar-refractivity contribution is -0.132. The molecule has 5 nitrogen and oxygen atoms in total. The average Bonchev–Trinajstić information content (AvgIpc) is 2.54.